The van der Waals surface area contributed by atoms with Crippen LogP contribution in [0.2, 0.25) is 0 Å². The summed E-state index contributed by atoms with van der Waals surface area (Å²) in [6.07, 6.45) is 8.63. The van der Waals surface area contributed by atoms with Crippen LogP contribution in [0.4, 0.5) is 0 Å². The molecule has 0 unspecified atom stereocenters. The summed E-state index contributed by atoms with van der Waals surface area (Å²) in [6, 6.07) is 0. The fourth-order valence-corrected chi connectivity index (χ4v) is 2.46. The third-order valence-corrected chi connectivity index (χ3v) is 3.39. The summed E-state index contributed by atoms with van der Waals surface area (Å²) >= 11 is 0. The predicted molar refractivity (Wildman–Crippen MR) is 63.1 cm³/mol. The normalized spacial score (nSPS) is 25.3. The van der Waals surface area contributed by atoms with Gasteiger partial charge in [-0.15, -0.1) is 0 Å². The van der Waals surface area contributed by atoms with E-state index in [4.69, 9.17) is 11.8 Å². The third-order valence-electron chi connectivity index (χ3n) is 3.39. The van der Waals surface area contributed by atoms with Crippen LogP contribution in [-0.2, 0) is 0 Å². The Morgan fingerprint density at radius 2 is 1.73 bits per heavy atom. The Hall–Kier alpha value is -0.550. The minimum absolute atomic E-state index is 1.07. The van der Waals surface area contributed by atoms with Crippen molar-refractivity contribution in [2.24, 2.45) is 5.92 Å². The fourth-order valence-electron chi connectivity index (χ4n) is 2.46. The van der Waals surface area contributed by atoms with Crippen molar-refractivity contribution in [1.29, 1.82) is 5.26 Å². The largest absolute Gasteiger partial charge is 0.512 e. The molecule has 0 amide bonds. The van der Waals surface area contributed by atoms with Crippen LogP contribution in [0.25, 0.3) is 0 Å². The van der Waals surface area contributed by atoms with Gasteiger partial charge in [0, 0.05) is 0 Å². The van der Waals surface area contributed by atoms with Gasteiger partial charge in [0.05, 0.1) is 19.6 Å². The van der Waals surface area contributed by atoms with Gasteiger partial charge in [-0.2, -0.15) is 0 Å². The summed E-state index contributed by atoms with van der Waals surface area (Å²) in [5.74, 6) is 1.07. The van der Waals surface area contributed by atoms with E-state index in [0.29, 0.717) is 0 Å². The Kier molecular flexibility index (Phi) is 9.62. The van der Waals surface area contributed by atoms with Crippen LogP contribution in [0.15, 0.2) is 0 Å². The lowest BCUT2D eigenvalue weighted by Crippen LogP contribution is -3.13. The van der Waals surface area contributed by atoms with Crippen LogP contribution >= 0.6 is 0 Å². The molecule has 15 heavy (non-hydrogen) atoms. The molecule has 1 aliphatic rings. The van der Waals surface area contributed by atoms with Gasteiger partial charge in [-0.25, -0.2) is 0 Å². The zero-order chi connectivity index (χ0) is 11.5. The maximum Gasteiger partial charge on any atom is 0.0773 e. The van der Waals surface area contributed by atoms with Crippen molar-refractivity contribution < 1.29 is 4.90 Å². The summed E-state index contributed by atoms with van der Waals surface area (Å²) in [7, 11) is 0. The first-order chi connectivity index (χ1) is 7.36. The predicted octanol–water partition coefficient (Wildman–Crippen LogP) is 1.98. The summed E-state index contributed by atoms with van der Waals surface area (Å²) in [4.78, 5) is 1.87. The Bertz CT molecular complexity index is 146. The zero-order valence-electron chi connectivity index (χ0n) is 10.4. The van der Waals surface area contributed by atoms with E-state index in [-0.39, 0.29) is 0 Å². The van der Waals surface area contributed by atoms with Gasteiger partial charge in [0.25, 0.3) is 0 Å². The Labute approximate surface area is 95.3 Å². The molecule has 1 heterocycles. The highest BCUT2D eigenvalue weighted by atomic mass is 15.1. The van der Waals surface area contributed by atoms with Crippen molar-refractivity contribution in [2.75, 3.05) is 19.6 Å². The van der Waals surface area contributed by atoms with E-state index < -0.39 is 0 Å². The SMILES string of the molecule is CCCC[NH+]1CCC(CCC)CC1.[C-]#N. The third kappa shape index (κ3) is 6.52. The topological polar surface area (TPSA) is 28.2 Å². The van der Waals surface area contributed by atoms with E-state index in [1.54, 1.807) is 0 Å². The summed E-state index contributed by atoms with van der Waals surface area (Å²) in [6.45, 7) is 13.7. The number of quaternary nitrogens is 1. The van der Waals surface area contributed by atoms with Gasteiger partial charge in [-0.1, -0.05) is 33.1 Å². The number of piperidine rings is 1. The van der Waals surface area contributed by atoms with Crippen molar-refractivity contribution in [1.82, 2.24) is 0 Å². The number of hydrogen-bond donors (Lipinski definition) is 1. The average Bonchev–Trinajstić information content (AvgIpc) is 2.31. The number of unbranched alkanes of at least 4 members (excludes halogenated alkanes) is 1. The van der Waals surface area contributed by atoms with E-state index in [1.807, 2.05) is 4.90 Å². The number of hydrogen-bond acceptors (Lipinski definition) is 1. The standard InChI is InChI=1S/C12H25N.CN/c1-3-5-9-13-10-7-12(6-4-2)8-11-13;1-2/h12H,3-11H2,1-2H3;/q;-1/p+1. The molecule has 0 aromatic heterocycles. The lowest BCUT2D eigenvalue weighted by atomic mass is 9.92. The van der Waals surface area contributed by atoms with E-state index in [9.17, 15) is 0 Å². The molecule has 1 saturated heterocycles. The van der Waals surface area contributed by atoms with Crippen LogP contribution in [0, 0.1) is 17.8 Å². The smallest absolute Gasteiger partial charge is 0.0773 e. The summed E-state index contributed by atoms with van der Waals surface area (Å²) < 4.78 is 0. The Morgan fingerprint density at radius 1 is 1.13 bits per heavy atom. The highest BCUT2D eigenvalue weighted by molar-refractivity contribution is 4.61. The second-order valence-electron chi connectivity index (χ2n) is 4.59. The van der Waals surface area contributed by atoms with Gasteiger partial charge in [0.15, 0.2) is 0 Å². The lowest BCUT2D eigenvalue weighted by Gasteiger charge is -2.29. The maximum absolute atomic E-state index is 6.25. The van der Waals surface area contributed by atoms with Crippen LogP contribution in [0.1, 0.15) is 52.4 Å². The van der Waals surface area contributed by atoms with Crippen molar-refractivity contribution in [3.05, 3.63) is 6.57 Å². The molecule has 88 valence electrons. The molecule has 1 rings (SSSR count). The molecule has 2 heteroatoms. The molecule has 0 aromatic carbocycles. The summed E-state index contributed by atoms with van der Waals surface area (Å²) in [5, 5.41) is 6.25. The molecule has 0 atom stereocenters. The van der Waals surface area contributed by atoms with Gasteiger partial charge >= 0.3 is 0 Å². The highest BCUT2D eigenvalue weighted by Crippen LogP contribution is 2.15. The molecule has 0 aromatic rings. The molecule has 1 fully saturated rings. The monoisotopic (exact) mass is 210 g/mol. The first-order valence-electron chi connectivity index (χ1n) is 6.42. The summed E-state index contributed by atoms with van der Waals surface area (Å²) in [5.41, 5.74) is 0. The van der Waals surface area contributed by atoms with E-state index in [0.717, 1.165) is 5.92 Å². The van der Waals surface area contributed by atoms with Gasteiger partial charge in [0.1, 0.15) is 0 Å². The number of nitrogens with one attached hydrogen (secondary N) is 1. The fraction of sp³-hybridized carbons (Fsp3) is 0.923. The molecular formula is C13H26N2. The number of nitrogens with zero attached hydrogens (tertiary/aromatic N) is 1. The van der Waals surface area contributed by atoms with Crippen molar-refractivity contribution in [2.45, 2.75) is 52.4 Å². The first kappa shape index (κ1) is 14.5. The maximum atomic E-state index is 6.25. The highest BCUT2D eigenvalue weighted by Gasteiger charge is 2.20. The van der Waals surface area contributed by atoms with Crippen molar-refractivity contribution >= 4 is 0 Å². The van der Waals surface area contributed by atoms with Crippen LogP contribution in [-0.4, -0.2) is 19.6 Å². The van der Waals surface area contributed by atoms with Crippen LogP contribution < -0.4 is 4.90 Å². The number of rotatable bonds is 5. The molecule has 2 nitrogen and oxygen atoms in total. The van der Waals surface area contributed by atoms with Crippen LogP contribution in [0.5, 0.6) is 0 Å². The molecule has 0 radical (unpaired) electrons. The minimum atomic E-state index is 1.07. The minimum Gasteiger partial charge on any atom is -0.512 e. The van der Waals surface area contributed by atoms with E-state index in [2.05, 4.69) is 13.8 Å². The van der Waals surface area contributed by atoms with E-state index >= 15 is 0 Å². The molecule has 1 aliphatic heterocycles. The Morgan fingerprint density at radius 3 is 2.20 bits per heavy atom. The molecule has 0 bridgehead atoms. The molecule has 0 spiro atoms. The quantitative estimate of drug-likeness (QED) is 0.691. The second-order valence-corrected chi connectivity index (χ2v) is 4.59. The number of likely N-dealkylation sites (tertiary alicyclic amines) is 1. The van der Waals surface area contributed by atoms with Gasteiger partial charge < -0.3 is 16.7 Å². The first-order valence-corrected chi connectivity index (χ1v) is 6.42. The van der Waals surface area contributed by atoms with Crippen molar-refractivity contribution in [3.63, 3.8) is 0 Å². The average molecular weight is 210 g/mol. The molecule has 0 saturated carbocycles. The van der Waals surface area contributed by atoms with Crippen molar-refractivity contribution in [3.8, 4) is 0 Å². The van der Waals surface area contributed by atoms with Gasteiger partial charge in [0.2, 0.25) is 0 Å². The van der Waals surface area contributed by atoms with Crippen LogP contribution in [0.3, 0.4) is 0 Å². The molecule has 1 N–H and O–H groups in total. The van der Waals surface area contributed by atoms with E-state index in [1.165, 1.54) is 58.2 Å². The van der Waals surface area contributed by atoms with Gasteiger partial charge in [-0.3, -0.25) is 0 Å². The van der Waals surface area contributed by atoms with Gasteiger partial charge in [-0.05, 0) is 25.2 Å². The Balaban J connectivity index is 0.000000921. The molecular weight excluding hydrogens is 184 g/mol. The second kappa shape index (κ2) is 9.98. The lowest BCUT2D eigenvalue weighted by molar-refractivity contribution is -0.906. The molecule has 0 aliphatic carbocycles. The zero-order valence-corrected chi connectivity index (χ0v) is 10.4.